The summed E-state index contributed by atoms with van der Waals surface area (Å²) in [6.45, 7) is 1.73. The van der Waals surface area contributed by atoms with Crippen LogP contribution in [0.4, 0.5) is 26.3 Å². The van der Waals surface area contributed by atoms with E-state index in [1.165, 1.54) is 24.3 Å². The molecule has 0 aromatic heterocycles. The molecule has 0 fully saturated rings. The number of benzene rings is 1. The Morgan fingerprint density at radius 2 is 1.45 bits per heavy atom. The lowest BCUT2D eigenvalue weighted by Gasteiger charge is -2.16. The summed E-state index contributed by atoms with van der Waals surface area (Å²) in [5.41, 5.74) is -1.92. The van der Waals surface area contributed by atoms with Crippen LogP contribution in [0.15, 0.2) is 40.9 Å². The molecule has 1 heterocycles. The van der Waals surface area contributed by atoms with Gasteiger partial charge in [-0.1, -0.05) is 29.8 Å². The van der Waals surface area contributed by atoms with E-state index in [9.17, 15) is 26.3 Å². The molecule has 1 aromatic rings. The van der Waals surface area contributed by atoms with E-state index in [4.69, 9.17) is 0 Å². The van der Waals surface area contributed by atoms with E-state index < -0.39 is 29.7 Å². The highest BCUT2D eigenvalue weighted by Crippen LogP contribution is 2.43. The van der Waals surface area contributed by atoms with Crippen LogP contribution in [-0.4, -0.2) is 18.1 Å². The second kappa shape index (κ2) is 4.64. The Labute approximate surface area is 110 Å². The van der Waals surface area contributed by atoms with Crippen LogP contribution < -0.4 is 0 Å². The minimum atomic E-state index is -4.89. The van der Waals surface area contributed by atoms with Crippen molar-refractivity contribution in [2.45, 2.75) is 25.3 Å². The van der Waals surface area contributed by atoms with Crippen molar-refractivity contribution in [3.63, 3.8) is 0 Å². The summed E-state index contributed by atoms with van der Waals surface area (Å²) >= 11 is 0. The van der Waals surface area contributed by atoms with Crippen LogP contribution in [0.25, 0.3) is 0 Å². The lowest BCUT2D eigenvalue weighted by atomic mass is 9.99. The highest BCUT2D eigenvalue weighted by Gasteiger charge is 2.47. The fraction of sp³-hybridized carbons (Fsp3) is 0.308. The van der Waals surface area contributed by atoms with Crippen LogP contribution in [0.1, 0.15) is 17.2 Å². The minimum Gasteiger partial charge on any atom is -0.267 e. The van der Waals surface area contributed by atoms with E-state index in [0.717, 1.165) is 5.56 Å². The van der Waals surface area contributed by atoms with Gasteiger partial charge >= 0.3 is 12.4 Å². The molecule has 0 bridgehead atoms. The molecule has 108 valence electrons. The summed E-state index contributed by atoms with van der Waals surface area (Å²) in [5.74, 6) is 0. The van der Waals surface area contributed by atoms with E-state index in [0.29, 0.717) is 0 Å². The van der Waals surface area contributed by atoms with Gasteiger partial charge in [0.2, 0.25) is 0 Å². The minimum absolute atomic E-state index is 0.0739. The fourth-order valence-electron chi connectivity index (χ4n) is 1.87. The third-order valence-corrected chi connectivity index (χ3v) is 2.87. The standard InChI is InChI=1S/C13H9F6N/c1-7-2-4-8(5-3-7)11-9(12(14,15)16)6-10(20-11)13(17,18)19/h2-6,11H,1H3. The van der Waals surface area contributed by atoms with Gasteiger partial charge in [0.15, 0.2) is 0 Å². The lowest BCUT2D eigenvalue weighted by Crippen LogP contribution is -2.19. The molecule has 1 atom stereocenters. The van der Waals surface area contributed by atoms with Crippen molar-refractivity contribution in [1.29, 1.82) is 0 Å². The SMILES string of the molecule is Cc1ccc(C2N=C(C(F)(F)F)C=C2C(F)(F)F)cc1. The molecule has 2 rings (SSSR count). The Morgan fingerprint density at radius 3 is 1.90 bits per heavy atom. The van der Waals surface area contributed by atoms with Crippen molar-refractivity contribution in [3.8, 4) is 0 Å². The van der Waals surface area contributed by atoms with E-state index in [2.05, 4.69) is 4.99 Å². The van der Waals surface area contributed by atoms with Crippen LogP contribution in [0.2, 0.25) is 0 Å². The van der Waals surface area contributed by atoms with Gasteiger partial charge in [-0.15, -0.1) is 0 Å². The summed E-state index contributed by atoms with van der Waals surface area (Å²) in [6.07, 6.45) is -9.67. The third kappa shape index (κ3) is 2.86. The average Bonchev–Trinajstić information content (AvgIpc) is 2.74. The summed E-state index contributed by atoms with van der Waals surface area (Å²) < 4.78 is 76.1. The van der Waals surface area contributed by atoms with E-state index >= 15 is 0 Å². The van der Waals surface area contributed by atoms with Gasteiger partial charge in [0, 0.05) is 0 Å². The molecule has 0 N–H and O–H groups in total. The maximum absolute atomic E-state index is 12.8. The Hall–Kier alpha value is -1.79. The van der Waals surface area contributed by atoms with Gasteiger partial charge < -0.3 is 0 Å². The normalized spacial score (nSPS) is 19.9. The molecule has 0 amide bonds. The molecule has 7 heteroatoms. The van der Waals surface area contributed by atoms with Crippen molar-refractivity contribution in [3.05, 3.63) is 47.0 Å². The number of hydrogen-bond acceptors (Lipinski definition) is 1. The summed E-state index contributed by atoms with van der Waals surface area (Å²) in [5, 5.41) is 0. The quantitative estimate of drug-likeness (QED) is 0.674. The first-order valence-electron chi connectivity index (χ1n) is 5.59. The largest absolute Gasteiger partial charge is 0.432 e. The average molecular weight is 293 g/mol. The van der Waals surface area contributed by atoms with Crippen molar-refractivity contribution >= 4 is 5.71 Å². The molecule has 0 aliphatic carbocycles. The molecule has 1 aromatic carbocycles. The predicted octanol–water partition coefficient (Wildman–Crippen LogP) is 4.54. The molecule has 0 spiro atoms. The van der Waals surface area contributed by atoms with Gasteiger partial charge in [-0.05, 0) is 18.6 Å². The summed E-state index contributed by atoms with van der Waals surface area (Å²) in [6, 6.07) is 4.10. The first-order chi connectivity index (χ1) is 9.09. The first-order valence-corrected chi connectivity index (χ1v) is 5.59. The second-order valence-corrected chi connectivity index (χ2v) is 4.42. The molecule has 1 nitrogen and oxygen atoms in total. The van der Waals surface area contributed by atoms with Crippen LogP contribution in [0, 0.1) is 6.92 Å². The first kappa shape index (κ1) is 14.6. The number of alkyl halides is 6. The number of nitrogens with zero attached hydrogens (tertiary/aromatic N) is 1. The van der Waals surface area contributed by atoms with Crippen LogP contribution in [0.5, 0.6) is 0 Å². The van der Waals surface area contributed by atoms with Crippen LogP contribution in [-0.2, 0) is 0 Å². The Morgan fingerprint density at radius 1 is 0.900 bits per heavy atom. The van der Waals surface area contributed by atoms with E-state index in [1.807, 2.05) is 0 Å². The monoisotopic (exact) mass is 293 g/mol. The number of allylic oxidation sites excluding steroid dienone is 1. The Balaban J connectivity index is 2.47. The van der Waals surface area contributed by atoms with Gasteiger partial charge in [0.25, 0.3) is 0 Å². The molecule has 0 saturated heterocycles. The van der Waals surface area contributed by atoms with Gasteiger partial charge in [-0.3, -0.25) is 4.99 Å². The van der Waals surface area contributed by atoms with Crippen molar-refractivity contribution < 1.29 is 26.3 Å². The van der Waals surface area contributed by atoms with Gasteiger partial charge in [0.1, 0.15) is 11.8 Å². The van der Waals surface area contributed by atoms with E-state index in [-0.39, 0.29) is 11.6 Å². The molecule has 1 unspecified atom stereocenters. The Kier molecular flexibility index (Phi) is 3.39. The number of aliphatic imine (C=N–C) groups is 1. The zero-order valence-corrected chi connectivity index (χ0v) is 10.2. The second-order valence-electron chi connectivity index (χ2n) is 4.42. The number of halogens is 6. The van der Waals surface area contributed by atoms with Gasteiger partial charge in [-0.2, -0.15) is 26.3 Å². The van der Waals surface area contributed by atoms with Crippen molar-refractivity contribution in [1.82, 2.24) is 0 Å². The molecule has 0 saturated carbocycles. The fourth-order valence-corrected chi connectivity index (χ4v) is 1.87. The predicted molar refractivity (Wildman–Crippen MR) is 61.5 cm³/mol. The summed E-state index contributed by atoms with van der Waals surface area (Å²) in [7, 11) is 0. The number of aryl methyl sites for hydroxylation is 1. The number of rotatable bonds is 1. The molecular weight excluding hydrogens is 284 g/mol. The zero-order valence-electron chi connectivity index (χ0n) is 10.2. The molecule has 20 heavy (non-hydrogen) atoms. The molecule has 1 aliphatic rings. The number of hydrogen-bond donors (Lipinski definition) is 0. The van der Waals surface area contributed by atoms with Gasteiger partial charge in [-0.25, -0.2) is 0 Å². The highest BCUT2D eigenvalue weighted by atomic mass is 19.4. The topological polar surface area (TPSA) is 12.4 Å². The maximum atomic E-state index is 12.8. The third-order valence-electron chi connectivity index (χ3n) is 2.87. The van der Waals surface area contributed by atoms with Crippen molar-refractivity contribution in [2.24, 2.45) is 4.99 Å². The van der Waals surface area contributed by atoms with Crippen LogP contribution >= 0.6 is 0 Å². The molecular formula is C13H9F6N. The maximum Gasteiger partial charge on any atom is 0.432 e. The van der Waals surface area contributed by atoms with Crippen molar-refractivity contribution in [2.75, 3.05) is 0 Å². The molecule has 1 aliphatic heterocycles. The lowest BCUT2D eigenvalue weighted by molar-refractivity contribution is -0.0950. The highest BCUT2D eigenvalue weighted by molar-refractivity contribution is 6.02. The van der Waals surface area contributed by atoms with Crippen LogP contribution in [0.3, 0.4) is 0 Å². The Bertz CT molecular complexity index is 562. The zero-order chi connectivity index (χ0) is 15.1. The van der Waals surface area contributed by atoms with Gasteiger partial charge in [0.05, 0.1) is 5.57 Å². The van der Waals surface area contributed by atoms with E-state index in [1.54, 1.807) is 6.92 Å². The summed E-state index contributed by atoms with van der Waals surface area (Å²) in [4.78, 5) is 3.19. The molecule has 0 radical (unpaired) electrons. The smallest absolute Gasteiger partial charge is 0.267 e.